The lowest BCUT2D eigenvalue weighted by atomic mass is 10.5. The summed E-state index contributed by atoms with van der Waals surface area (Å²) in [6.07, 6.45) is 2.17. The van der Waals surface area contributed by atoms with Gasteiger partial charge in [0.15, 0.2) is 0 Å². The minimum atomic E-state index is -0.714. The van der Waals surface area contributed by atoms with Crippen molar-refractivity contribution in [3.05, 3.63) is 0 Å². The molecule has 0 spiro atoms. The SMILES string of the molecule is CSCCC(=O)O.N. The molecule has 50 valence electrons. The average Bonchev–Trinajstić information content (AvgIpc) is 1.61. The van der Waals surface area contributed by atoms with Crippen molar-refractivity contribution >= 4 is 17.7 Å². The van der Waals surface area contributed by atoms with Gasteiger partial charge in [-0.1, -0.05) is 0 Å². The predicted molar refractivity (Wildman–Crippen MR) is 35.7 cm³/mol. The molecule has 0 saturated carbocycles. The van der Waals surface area contributed by atoms with Crippen LogP contribution in [0.15, 0.2) is 0 Å². The van der Waals surface area contributed by atoms with E-state index in [-0.39, 0.29) is 12.6 Å². The van der Waals surface area contributed by atoms with Gasteiger partial charge < -0.3 is 11.3 Å². The molecule has 0 bridgehead atoms. The summed E-state index contributed by atoms with van der Waals surface area (Å²) in [5.74, 6) is 0.00403. The van der Waals surface area contributed by atoms with E-state index < -0.39 is 5.97 Å². The topological polar surface area (TPSA) is 72.3 Å². The third-order valence-electron chi connectivity index (χ3n) is 0.520. The Morgan fingerprint density at radius 1 is 1.75 bits per heavy atom. The third-order valence-corrected chi connectivity index (χ3v) is 1.13. The summed E-state index contributed by atoms with van der Waals surface area (Å²) in [4.78, 5) is 9.74. The Bertz CT molecular complexity index is 67.1. The number of aliphatic carboxylic acids is 1. The fourth-order valence-electron chi connectivity index (χ4n) is 0.189. The number of thioether (sulfide) groups is 1. The van der Waals surface area contributed by atoms with Gasteiger partial charge in [-0.3, -0.25) is 4.79 Å². The van der Waals surface area contributed by atoms with Crippen LogP contribution in [0.4, 0.5) is 0 Å². The van der Waals surface area contributed by atoms with Gasteiger partial charge in [-0.25, -0.2) is 0 Å². The molecule has 0 aliphatic heterocycles. The van der Waals surface area contributed by atoms with E-state index in [0.717, 1.165) is 5.75 Å². The van der Waals surface area contributed by atoms with E-state index in [9.17, 15) is 4.79 Å². The van der Waals surface area contributed by atoms with Crippen LogP contribution >= 0.6 is 11.8 Å². The van der Waals surface area contributed by atoms with Gasteiger partial charge in [0, 0.05) is 5.75 Å². The molecule has 0 aromatic rings. The zero-order chi connectivity index (χ0) is 5.70. The minimum Gasteiger partial charge on any atom is -0.481 e. The smallest absolute Gasteiger partial charge is 0.304 e. The predicted octanol–water partition coefficient (Wildman–Crippen LogP) is 0.986. The highest BCUT2D eigenvalue weighted by Gasteiger charge is 1.91. The Labute approximate surface area is 53.0 Å². The second-order valence-electron chi connectivity index (χ2n) is 1.14. The van der Waals surface area contributed by atoms with Gasteiger partial charge >= 0.3 is 5.97 Å². The molecular formula is C4H11NO2S. The Morgan fingerprint density at radius 3 is 2.38 bits per heavy atom. The summed E-state index contributed by atoms with van der Waals surface area (Å²) < 4.78 is 0. The lowest BCUT2D eigenvalue weighted by Crippen LogP contribution is -1.94. The molecule has 4 heteroatoms. The third kappa shape index (κ3) is 9.24. The van der Waals surface area contributed by atoms with Gasteiger partial charge in [0.25, 0.3) is 0 Å². The van der Waals surface area contributed by atoms with Crippen LogP contribution in [-0.2, 0) is 4.79 Å². The van der Waals surface area contributed by atoms with E-state index in [4.69, 9.17) is 5.11 Å². The molecule has 8 heavy (non-hydrogen) atoms. The van der Waals surface area contributed by atoms with E-state index in [1.54, 1.807) is 11.8 Å². The zero-order valence-corrected chi connectivity index (χ0v) is 5.70. The van der Waals surface area contributed by atoms with Crippen LogP contribution in [0.3, 0.4) is 0 Å². The van der Waals surface area contributed by atoms with Gasteiger partial charge in [0.1, 0.15) is 0 Å². The molecule has 0 aromatic carbocycles. The average molecular weight is 137 g/mol. The molecule has 3 nitrogen and oxygen atoms in total. The lowest BCUT2D eigenvalue weighted by molar-refractivity contribution is -0.136. The normalized spacial score (nSPS) is 7.62. The molecule has 0 saturated heterocycles. The van der Waals surface area contributed by atoms with Gasteiger partial charge in [0.2, 0.25) is 0 Å². The molecule has 0 radical (unpaired) electrons. The van der Waals surface area contributed by atoms with Crippen LogP contribution < -0.4 is 6.15 Å². The summed E-state index contributed by atoms with van der Waals surface area (Å²) in [6, 6.07) is 0. The van der Waals surface area contributed by atoms with E-state index >= 15 is 0 Å². The zero-order valence-electron chi connectivity index (χ0n) is 4.89. The Morgan fingerprint density at radius 2 is 2.25 bits per heavy atom. The molecule has 0 aliphatic rings. The van der Waals surface area contributed by atoms with Crippen LogP contribution in [0.5, 0.6) is 0 Å². The van der Waals surface area contributed by atoms with Crippen molar-refractivity contribution < 1.29 is 9.90 Å². The molecule has 0 unspecified atom stereocenters. The molecule has 0 atom stereocenters. The van der Waals surface area contributed by atoms with Crippen molar-refractivity contribution in [3.63, 3.8) is 0 Å². The van der Waals surface area contributed by atoms with Crippen LogP contribution in [-0.4, -0.2) is 23.1 Å². The van der Waals surface area contributed by atoms with Gasteiger partial charge in [0.05, 0.1) is 6.42 Å². The maximum atomic E-state index is 9.74. The summed E-state index contributed by atoms with van der Waals surface area (Å²) >= 11 is 1.55. The standard InChI is InChI=1S/C4H8O2S.H3N/c1-7-3-2-4(5)6;/h2-3H2,1H3,(H,5,6);1H3. The van der Waals surface area contributed by atoms with Crippen LogP contribution in [0, 0.1) is 0 Å². The van der Waals surface area contributed by atoms with Crippen LogP contribution in [0.25, 0.3) is 0 Å². The molecule has 0 amide bonds. The van der Waals surface area contributed by atoms with Crippen molar-refractivity contribution in [1.82, 2.24) is 6.15 Å². The fraction of sp³-hybridized carbons (Fsp3) is 0.750. The van der Waals surface area contributed by atoms with E-state index in [2.05, 4.69) is 0 Å². The second-order valence-corrected chi connectivity index (χ2v) is 2.12. The number of carbonyl (C=O) groups is 1. The van der Waals surface area contributed by atoms with Crippen molar-refractivity contribution in [2.75, 3.05) is 12.0 Å². The Balaban J connectivity index is 0. The van der Waals surface area contributed by atoms with Crippen molar-refractivity contribution in [1.29, 1.82) is 0 Å². The minimum absolute atomic E-state index is 0. The Hall–Kier alpha value is -0.220. The first-order valence-corrected chi connectivity index (χ1v) is 3.37. The quantitative estimate of drug-likeness (QED) is 0.608. The monoisotopic (exact) mass is 137 g/mol. The second kappa shape index (κ2) is 6.78. The number of rotatable bonds is 3. The highest BCUT2D eigenvalue weighted by molar-refractivity contribution is 7.98. The van der Waals surface area contributed by atoms with Gasteiger partial charge in [-0.15, -0.1) is 0 Å². The molecule has 0 rings (SSSR count). The number of hydrogen-bond acceptors (Lipinski definition) is 3. The molecule has 0 aromatic heterocycles. The summed E-state index contributed by atoms with van der Waals surface area (Å²) in [5.41, 5.74) is 0. The van der Waals surface area contributed by atoms with Crippen LogP contribution in [0.1, 0.15) is 6.42 Å². The maximum absolute atomic E-state index is 9.74. The van der Waals surface area contributed by atoms with Gasteiger partial charge in [-0.2, -0.15) is 11.8 Å². The summed E-state index contributed by atoms with van der Waals surface area (Å²) in [7, 11) is 0. The van der Waals surface area contributed by atoms with Crippen LogP contribution in [0.2, 0.25) is 0 Å². The Kier molecular flexibility index (Phi) is 9.07. The largest absolute Gasteiger partial charge is 0.481 e. The maximum Gasteiger partial charge on any atom is 0.304 e. The van der Waals surface area contributed by atoms with E-state index in [0.29, 0.717) is 0 Å². The molecule has 0 fully saturated rings. The van der Waals surface area contributed by atoms with Crippen molar-refractivity contribution in [3.8, 4) is 0 Å². The molecule has 0 aliphatic carbocycles. The number of hydrogen-bond donors (Lipinski definition) is 2. The highest BCUT2D eigenvalue weighted by atomic mass is 32.2. The first-order chi connectivity index (χ1) is 3.27. The molecule has 4 N–H and O–H groups in total. The van der Waals surface area contributed by atoms with Gasteiger partial charge in [-0.05, 0) is 6.26 Å². The number of carboxylic acids is 1. The summed E-state index contributed by atoms with van der Waals surface area (Å²) in [6.45, 7) is 0. The first-order valence-electron chi connectivity index (χ1n) is 1.98. The first kappa shape index (κ1) is 10.7. The summed E-state index contributed by atoms with van der Waals surface area (Å²) in [5, 5.41) is 8.03. The van der Waals surface area contributed by atoms with Crippen molar-refractivity contribution in [2.24, 2.45) is 0 Å². The fourth-order valence-corrected chi connectivity index (χ4v) is 0.568. The lowest BCUT2D eigenvalue weighted by Gasteiger charge is -1.85. The molecular weight excluding hydrogens is 126 g/mol. The number of carboxylic acid groups (broad SMARTS) is 1. The van der Waals surface area contributed by atoms with Crippen molar-refractivity contribution in [2.45, 2.75) is 6.42 Å². The van der Waals surface area contributed by atoms with E-state index in [1.165, 1.54) is 0 Å². The highest BCUT2D eigenvalue weighted by Crippen LogP contribution is 1.93. The molecule has 0 heterocycles. The van der Waals surface area contributed by atoms with E-state index in [1.807, 2.05) is 6.26 Å².